The molecule has 0 spiro atoms. The fourth-order valence-electron chi connectivity index (χ4n) is 4.36. The van der Waals surface area contributed by atoms with Gasteiger partial charge < -0.3 is 19.4 Å². The van der Waals surface area contributed by atoms with Gasteiger partial charge in [-0.1, -0.05) is 0 Å². The van der Waals surface area contributed by atoms with Crippen LogP contribution in [0.5, 0.6) is 0 Å². The lowest BCUT2D eigenvalue weighted by Gasteiger charge is -2.41. The normalized spacial score (nSPS) is 21.7. The molecule has 8 nitrogen and oxygen atoms in total. The minimum Gasteiger partial charge on any atom is -0.444 e. The number of carbonyl (C=O) groups is 3. The first-order chi connectivity index (χ1) is 14.4. The lowest BCUT2D eigenvalue weighted by Crippen LogP contribution is -2.56. The third-order valence-electron chi connectivity index (χ3n) is 6.20. The number of ether oxygens (including phenoxy) is 1. The summed E-state index contributed by atoms with van der Waals surface area (Å²) in [7, 11) is 0. The molecule has 31 heavy (non-hydrogen) atoms. The number of piperazine rings is 1. The Labute approximate surface area is 187 Å². The van der Waals surface area contributed by atoms with Crippen molar-refractivity contribution in [2.45, 2.75) is 79.0 Å². The molecule has 2 saturated heterocycles. The fraction of sp³-hybridized carbons (Fsp3) is 0.870. The van der Waals surface area contributed by atoms with E-state index in [0.717, 1.165) is 25.9 Å². The molecule has 2 aliphatic rings. The Morgan fingerprint density at radius 1 is 1.00 bits per heavy atom. The van der Waals surface area contributed by atoms with E-state index in [2.05, 4.69) is 4.90 Å². The van der Waals surface area contributed by atoms with Crippen molar-refractivity contribution >= 4 is 17.9 Å². The average Bonchev–Trinajstić information content (AvgIpc) is 2.69. The monoisotopic (exact) mass is 438 g/mol. The van der Waals surface area contributed by atoms with Crippen LogP contribution in [-0.2, 0) is 14.3 Å². The van der Waals surface area contributed by atoms with Crippen LogP contribution < -0.4 is 0 Å². The molecule has 2 unspecified atom stereocenters. The van der Waals surface area contributed by atoms with E-state index >= 15 is 0 Å². The van der Waals surface area contributed by atoms with E-state index < -0.39 is 5.60 Å². The van der Waals surface area contributed by atoms with E-state index in [4.69, 9.17) is 4.74 Å². The number of hydrogen-bond donors (Lipinski definition) is 0. The third-order valence-corrected chi connectivity index (χ3v) is 6.20. The van der Waals surface area contributed by atoms with Gasteiger partial charge in [0.25, 0.3) is 0 Å². The van der Waals surface area contributed by atoms with Crippen LogP contribution >= 0.6 is 0 Å². The Morgan fingerprint density at radius 2 is 1.58 bits per heavy atom. The Hall–Kier alpha value is -1.83. The molecule has 2 fully saturated rings. The van der Waals surface area contributed by atoms with Crippen molar-refractivity contribution in [2.24, 2.45) is 5.92 Å². The summed E-state index contributed by atoms with van der Waals surface area (Å²) >= 11 is 0. The van der Waals surface area contributed by atoms with Crippen LogP contribution in [-0.4, -0.2) is 101 Å². The molecule has 0 aromatic heterocycles. The highest BCUT2D eigenvalue weighted by Crippen LogP contribution is 2.23. The second-order valence-corrected chi connectivity index (χ2v) is 10.2. The SMILES string of the molecule is CC(=O)N1CCN(C(=O)C(C)N2CCCC(CN(C(=O)OC(C)(C)C)C(C)C)C2)CC1. The molecule has 3 amide bonds. The molecule has 2 rings (SSSR count). The number of amides is 3. The topological polar surface area (TPSA) is 73.4 Å². The molecule has 2 aliphatic heterocycles. The Bertz CT molecular complexity index is 638. The Balaban J connectivity index is 1.93. The van der Waals surface area contributed by atoms with Crippen LogP contribution in [0.25, 0.3) is 0 Å². The smallest absolute Gasteiger partial charge is 0.410 e. The van der Waals surface area contributed by atoms with Gasteiger partial charge in [-0.2, -0.15) is 0 Å². The van der Waals surface area contributed by atoms with Gasteiger partial charge in [-0.05, 0) is 66.8 Å². The first-order valence-corrected chi connectivity index (χ1v) is 11.7. The molecule has 0 saturated carbocycles. The van der Waals surface area contributed by atoms with Crippen LogP contribution in [0, 0.1) is 5.92 Å². The number of carbonyl (C=O) groups excluding carboxylic acids is 3. The number of hydrogen-bond acceptors (Lipinski definition) is 5. The second kappa shape index (κ2) is 10.7. The van der Waals surface area contributed by atoms with Crippen molar-refractivity contribution in [3.63, 3.8) is 0 Å². The van der Waals surface area contributed by atoms with Gasteiger partial charge in [0.05, 0.1) is 6.04 Å². The van der Waals surface area contributed by atoms with E-state index in [-0.39, 0.29) is 30.0 Å². The maximum absolute atomic E-state index is 13.1. The summed E-state index contributed by atoms with van der Waals surface area (Å²) in [5.74, 6) is 0.518. The zero-order valence-corrected chi connectivity index (χ0v) is 20.5. The van der Waals surface area contributed by atoms with Gasteiger partial charge in [-0.15, -0.1) is 0 Å². The van der Waals surface area contributed by atoms with E-state index in [1.807, 2.05) is 51.3 Å². The Kier molecular flexibility index (Phi) is 8.74. The van der Waals surface area contributed by atoms with Crippen molar-refractivity contribution in [3.05, 3.63) is 0 Å². The summed E-state index contributed by atoms with van der Waals surface area (Å²) in [4.78, 5) is 45.0. The summed E-state index contributed by atoms with van der Waals surface area (Å²) in [6.45, 7) is 18.0. The predicted octanol–water partition coefficient (Wildman–Crippen LogP) is 2.42. The van der Waals surface area contributed by atoms with Gasteiger partial charge in [0.1, 0.15) is 5.60 Å². The highest BCUT2D eigenvalue weighted by atomic mass is 16.6. The van der Waals surface area contributed by atoms with Crippen LogP contribution in [0.15, 0.2) is 0 Å². The molecular weight excluding hydrogens is 396 g/mol. The molecular formula is C23H42N4O4. The van der Waals surface area contributed by atoms with E-state index in [0.29, 0.717) is 38.6 Å². The third kappa shape index (κ3) is 7.37. The van der Waals surface area contributed by atoms with Crippen LogP contribution in [0.4, 0.5) is 4.79 Å². The summed E-state index contributed by atoms with van der Waals surface area (Å²) in [6.07, 6.45) is 1.79. The maximum atomic E-state index is 13.1. The molecule has 2 atom stereocenters. The van der Waals surface area contributed by atoms with Gasteiger partial charge in [-0.25, -0.2) is 4.79 Å². The minimum absolute atomic E-state index is 0.0573. The van der Waals surface area contributed by atoms with Crippen LogP contribution in [0.1, 0.15) is 61.3 Å². The molecule has 0 N–H and O–H groups in total. The van der Waals surface area contributed by atoms with Crippen molar-refractivity contribution < 1.29 is 19.1 Å². The summed E-state index contributed by atoms with van der Waals surface area (Å²) in [6, 6.07) is -0.137. The molecule has 8 heteroatoms. The van der Waals surface area contributed by atoms with Crippen molar-refractivity contribution in [1.82, 2.24) is 19.6 Å². The number of nitrogens with zero attached hydrogens (tertiary/aromatic N) is 4. The number of rotatable bonds is 5. The second-order valence-electron chi connectivity index (χ2n) is 10.2. The molecule has 0 radical (unpaired) electrons. The zero-order valence-electron chi connectivity index (χ0n) is 20.5. The van der Waals surface area contributed by atoms with Crippen LogP contribution in [0.3, 0.4) is 0 Å². The minimum atomic E-state index is -0.518. The van der Waals surface area contributed by atoms with E-state index in [1.165, 1.54) is 0 Å². The standard InChI is InChI=1S/C23H42N4O4/c1-17(2)27(22(30)31-23(5,6)7)16-20-9-8-10-26(15-20)18(3)21(29)25-13-11-24(12-14-25)19(4)28/h17-18,20H,8-16H2,1-7H3. The van der Waals surface area contributed by atoms with Gasteiger partial charge in [0.2, 0.25) is 11.8 Å². The van der Waals surface area contributed by atoms with Gasteiger partial charge in [0, 0.05) is 52.2 Å². The summed E-state index contributed by atoms with van der Waals surface area (Å²) in [5.41, 5.74) is -0.518. The first kappa shape index (κ1) is 25.4. The van der Waals surface area contributed by atoms with Gasteiger partial charge >= 0.3 is 6.09 Å². The van der Waals surface area contributed by atoms with Crippen LogP contribution in [0.2, 0.25) is 0 Å². The average molecular weight is 439 g/mol. The number of piperidine rings is 1. The van der Waals surface area contributed by atoms with E-state index in [9.17, 15) is 14.4 Å². The molecule has 0 aliphatic carbocycles. The van der Waals surface area contributed by atoms with E-state index in [1.54, 1.807) is 11.8 Å². The van der Waals surface area contributed by atoms with Crippen molar-refractivity contribution in [3.8, 4) is 0 Å². The summed E-state index contributed by atoms with van der Waals surface area (Å²) in [5, 5.41) is 0. The van der Waals surface area contributed by atoms with Crippen molar-refractivity contribution in [2.75, 3.05) is 45.8 Å². The first-order valence-electron chi connectivity index (χ1n) is 11.7. The number of likely N-dealkylation sites (tertiary alicyclic amines) is 1. The molecule has 0 aromatic rings. The van der Waals surface area contributed by atoms with Gasteiger partial charge in [0.15, 0.2) is 0 Å². The highest BCUT2D eigenvalue weighted by Gasteiger charge is 2.34. The van der Waals surface area contributed by atoms with Gasteiger partial charge in [-0.3, -0.25) is 14.5 Å². The molecule has 178 valence electrons. The molecule has 0 aromatic carbocycles. The predicted molar refractivity (Wildman–Crippen MR) is 121 cm³/mol. The largest absolute Gasteiger partial charge is 0.444 e. The maximum Gasteiger partial charge on any atom is 0.410 e. The lowest BCUT2D eigenvalue weighted by atomic mass is 9.95. The zero-order chi connectivity index (χ0) is 23.3. The lowest BCUT2D eigenvalue weighted by molar-refractivity contribution is -0.142. The fourth-order valence-corrected chi connectivity index (χ4v) is 4.36. The highest BCUT2D eigenvalue weighted by molar-refractivity contribution is 5.82. The summed E-state index contributed by atoms with van der Waals surface area (Å²) < 4.78 is 5.60. The van der Waals surface area contributed by atoms with Crippen molar-refractivity contribution in [1.29, 1.82) is 0 Å². The quantitative estimate of drug-likeness (QED) is 0.659. The molecule has 0 bridgehead atoms. The molecule has 2 heterocycles. The Morgan fingerprint density at radius 3 is 2.10 bits per heavy atom.